The Morgan fingerprint density at radius 2 is 1.74 bits per heavy atom. The molecule has 0 spiro atoms. The molecule has 128 valence electrons. The maximum atomic E-state index is 12.4. The fourth-order valence-electron chi connectivity index (χ4n) is 2.39. The van der Waals surface area contributed by atoms with Crippen molar-refractivity contribution in [2.75, 3.05) is 46.0 Å². The molecule has 1 fully saturated rings. The number of sulfonamides is 1. The summed E-state index contributed by atoms with van der Waals surface area (Å²) in [6.45, 7) is 3.01. The Kier molecular flexibility index (Phi) is 6.19. The minimum absolute atomic E-state index is 0.112. The molecule has 1 aliphatic heterocycles. The van der Waals surface area contributed by atoms with Crippen molar-refractivity contribution in [3.63, 3.8) is 0 Å². The molecule has 8 heteroatoms. The van der Waals surface area contributed by atoms with Gasteiger partial charge >= 0.3 is 0 Å². The Bertz CT molecular complexity index is 640. The minimum Gasteiger partial charge on any atom is -0.339 e. The Labute approximate surface area is 146 Å². The number of rotatable bonds is 5. The lowest BCUT2D eigenvalue weighted by atomic mass is 10.2. The fourth-order valence-corrected chi connectivity index (χ4v) is 3.38. The number of nitrogens with zero attached hydrogens (tertiary/aromatic N) is 3. The molecule has 1 aliphatic rings. The van der Waals surface area contributed by atoms with Gasteiger partial charge in [0.25, 0.3) is 0 Å². The zero-order chi connectivity index (χ0) is 17.0. The molecule has 1 saturated heterocycles. The first-order valence-electron chi connectivity index (χ1n) is 7.41. The number of carbonyl (C=O) groups excluding carboxylic acids is 1. The van der Waals surface area contributed by atoms with Crippen LogP contribution in [0.2, 0.25) is 0 Å². The third-order valence-electron chi connectivity index (χ3n) is 3.91. The summed E-state index contributed by atoms with van der Waals surface area (Å²) in [6, 6.07) is 7.42. The van der Waals surface area contributed by atoms with E-state index >= 15 is 0 Å². The number of likely N-dealkylation sites (N-methyl/N-ethyl adjacent to an activating group) is 1. The van der Waals surface area contributed by atoms with Gasteiger partial charge in [-0.15, -0.1) is 0 Å². The lowest BCUT2D eigenvalue weighted by Gasteiger charge is -2.33. The van der Waals surface area contributed by atoms with E-state index in [2.05, 4.69) is 20.8 Å². The molecule has 0 atom stereocenters. The largest absolute Gasteiger partial charge is 0.339 e. The zero-order valence-electron chi connectivity index (χ0n) is 13.4. The first-order chi connectivity index (χ1) is 10.8. The lowest BCUT2D eigenvalue weighted by molar-refractivity contribution is -0.133. The van der Waals surface area contributed by atoms with Crippen LogP contribution in [0.25, 0.3) is 0 Å². The van der Waals surface area contributed by atoms with Gasteiger partial charge in [0.1, 0.15) is 0 Å². The average molecular weight is 404 g/mol. The van der Waals surface area contributed by atoms with Gasteiger partial charge in [-0.1, -0.05) is 28.1 Å². The maximum Gasteiger partial charge on any atom is 0.237 e. The average Bonchev–Trinajstić information content (AvgIpc) is 2.48. The van der Waals surface area contributed by atoms with Crippen LogP contribution in [0.15, 0.2) is 28.7 Å². The van der Waals surface area contributed by atoms with Gasteiger partial charge < -0.3 is 9.80 Å². The molecule has 6 nitrogen and oxygen atoms in total. The van der Waals surface area contributed by atoms with Crippen LogP contribution in [0, 0.1) is 0 Å². The summed E-state index contributed by atoms with van der Waals surface area (Å²) in [5.74, 6) is -0.138. The number of halogens is 1. The van der Waals surface area contributed by atoms with Gasteiger partial charge in [0.15, 0.2) is 0 Å². The van der Waals surface area contributed by atoms with Gasteiger partial charge in [-0.25, -0.2) is 8.42 Å². The molecular formula is C15H22BrN3O3S. The number of hydrogen-bond donors (Lipinski definition) is 0. The van der Waals surface area contributed by atoms with Gasteiger partial charge in [-0.2, -0.15) is 4.31 Å². The molecule has 1 aromatic carbocycles. The van der Waals surface area contributed by atoms with E-state index in [4.69, 9.17) is 0 Å². The zero-order valence-corrected chi connectivity index (χ0v) is 15.8. The van der Waals surface area contributed by atoms with Crippen molar-refractivity contribution in [2.45, 2.75) is 6.54 Å². The van der Waals surface area contributed by atoms with Crippen molar-refractivity contribution in [1.29, 1.82) is 0 Å². The number of carbonyl (C=O) groups is 1. The van der Waals surface area contributed by atoms with Gasteiger partial charge in [0.2, 0.25) is 15.9 Å². The lowest BCUT2D eigenvalue weighted by Crippen LogP contribution is -2.50. The molecule has 0 bridgehead atoms. The van der Waals surface area contributed by atoms with E-state index < -0.39 is 10.0 Å². The second-order valence-electron chi connectivity index (χ2n) is 5.84. The first-order valence-corrected chi connectivity index (χ1v) is 10.1. The van der Waals surface area contributed by atoms with Crippen LogP contribution in [0.4, 0.5) is 0 Å². The first kappa shape index (κ1) is 18.4. The van der Waals surface area contributed by atoms with E-state index in [0.29, 0.717) is 13.1 Å². The predicted octanol–water partition coefficient (Wildman–Crippen LogP) is 0.985. The van der Waals surface area contributed by atoms with Crippen LogP contribution in [0.5, 0.6) is 0 Å². The molecule has 1 aromatic rings. The van der Waals surface area contributed by atoms with Crippen molar-refractivity contribution in [1.82, 2.24) is 14.1 Å². The Balaban J connectivity index is 2.04. The molecular weight excluding hydrogens is 382 g/mol. The van der Waals surface area contributed by atoms with Crippen LogP contribution in [0.1, 0.15) is 5.56 Å². The molecule has 0 unspecified atom stereocenters. The van der Waals surface area contributed by atoms with Crippen LogP contribution in [-0.2, 0) is 21.4 Å². The second kappa shape index (κ2) is 7.74. The highest BCUT2D eigenvalue weighted by atomic mass is 79.9. The number of amides is 1. The number of hydrogen-bond acceptors (Lipinski definition) is 4. The Hall–Kier alpha value is -0.960. The summed E-state index contributed by atoms with van der Waals surface area (Å²) in [6.07, 6.45) is 1.14. The molecule has 0 aromatic heterocycles. The molecule has 0 N–H and O–H groups in total. The second-order valence-corrected chi connectivity index (χ2v) is 8.74. The summed E-state index contributed by atoms with van der Waals surface area (Å²) in [5, 5.41) is 0. The van der Waals surface area contributed by atoms with E-state index in [1.807, 2.05) is 31.3 Å². The van der Waals surface area contributed by atoms with E-state index in [1.165, 1.54) is 4.31 Å². The van der Waals surface area contributed by atoms with Crippen LogP contribution in [0.3, 0.4) is 0 Å². The van der Waals surface area contributed by atoms with E-state index in [-0.39, 0.29) is 19.0 Å². The molecule has 2 rings (SSSR count). The van der Waals surface area contributed by atoms with Gasteiger partial charge in [-0.3, -0.25) is 4.79 Å². The highest BCUT2D eigenvalue weighted by molar-refractivity contribution is 9.10. The summed E-state index contributed by atoms with van der Waals surface area (Å²) in [4.78, 5) is 16.3. The van der Waals surface area contributed by atoms with Crippen molar-refractivity contribution in [2.24, 2.45) is 0 Å². The Morgan fingerprint density at radius 1 is 1.17 bits per heavy atom. The predicted molar refractivity (Wildman–Crippen MR) is 93.5 cm³/mol. The monoisotopic (exact) mass is 403 g/mol. The molecule has 1 amide bonds. The van der Waals surface area contributed by atoms with E-state index in [1.54, 1.807) is 4.90 Å². The van der Waals surface area contributed by atoms with E-state index in [0.717, 1.165) is 29.4 Å². The van der Waals surface area contributed by atoms with Crippen LogP contribution < -0.4 is 0 Å². The molecule has 1 heterocycles. The standard InChI is InChI=1S/C15H22BrN3O3S/c1-17-7-9-18(10-8-17)15(20)12-19(23(2,21)22)11-13-3-5-14(16)6-4-13/h3-6H,7-12H2,1-2H3. The third-order valence-corrected chi connectivity index (χ3v) is 5.63. The van der Waals surface area contributed by atoms with Crippen molar-refractivity contribution >= 4 is 31.9 Å². The smallest absolute Gasteiger partial charge is 0.237 e. The number of piperazine rings is 1. The summed E-state index contributed by atoms with van der Waals surface area (Å²) >= 11 is 3.35. The number of benzene rings is 1. The molecule has 23 heavy (non-hydrogen) atoms. The van der Waals surface area contributed by atoms with E-state index in [9.17, 15) is 13.2 Å². The summed E-state index contributed by atoms with van der Waals surface area (Å²) in [5.41, 5.74) is 0.852. The Morgan fingerprint density at radius 3 is 2.26 bits per heavy atom. The highest BCUT2D eigenvalue weighted by Crippen LogP contribution is 2.14. The normalized spacial score (nSPS) is 16.8. The van der Waals surface area contributed by atoms with Crippen molar-refractivity contribution < 1.29 is 13.2 Å². The van der Waals surface area contributed by atoms with Crippen LogP contribution in [-0.4, -0.2) is 74.5 Å². The highest BCUT2D eigenvalue weighted by Gasteiger charge is 2.25. The molecule has 0 aliphatic carbocycles. The maximum absolute atomic E-state index is 12.4. The van der Waals surface area contributed by atoms with Crippen LogP contribution >= 0.6 is 15.9 Å². The molecule has 0 saturated carbocycles. The topological polar surface area (TPSA) is 60.9 Å². The minimum atomic E-state index is -3.45. The fraction of sp³-hybridized carbons (Fsp3) is 0.533. The van der Waals surface area contributed by atoms with Crippen molar-refractivity contribution in [3.8, 4) is 0 Å². The van der Waals surface area contributed by atoms with Gasteiger partial charge in [0.05, 0.1) is 12.8 Å². The summed E-state index contributed by atoms with van der Waals surface area (Å²) in [7, 11) is -1.44. The van der Waals surface area contributed by atoms with Gasteiger partial charge in [-0.05, 0) is 24.7 Å². The van der Waals surface area contributed by atoms with Gasteiger partial charge in [0, 0.05) is 37.2 Å². The van der Waals surface area contributed by atoms with Crippen molar-refractivity contribution in [3.05, 3.63) is 34.3 Å². The quantitative estimate of drug-likeness (QED) is 0.735. The molecule has 0 radical (unpaired) electrons. The summed E-state index contributed by atoms with van der Waals surface area (Å²) < 4.78 is 26.2. The third kappa shape index (κ3) is 5.56. The SMILES string of the molecule is CN1CCN(C(=O)CN(Cc2ccc(Br)cc2)S(C)(=O)=O)CC1.